The van der Waals surface area contributed by atoms with Crippen LogP contribution in [-0.4, -0.2) is 19.5 Å². The highest BCUT2D eigenvalue weighted by Crippen LogP contribution is 2.25. The Labute approximate surface area is 127 Å². The Kier molecular flexibility index (Phi) is 4.34. The van der Waals surface area contributed by atoms with Crippen molar-refractivity contribution in [3.8, 4) is 0 Å². The maximum absolute atomic E-state index is 12.2. The van der Waals surface area contributed by atoms with Crippen LogP contribution >= 0.6 is 11.3 Å². The third kappa shape index (κ3) is 3.62. The molecule has 1 aromatic carbocycles. The number of aromatic carboxylic acids is 1. The molecule has 0 amide bonds. The maximum atomic E-state index is 12.2. The van der Waals surface area contributed by atoms with E-state index in [1.807, 2.05) is 13.8 Å². The molecule has 0 atom stereocenters. The van der Waals surface area contributed by atoms with Gasteiger partial charge in [-0.25, -0.2) is 13.2 Å². The van der Waals surface area contributed by atoms with Crippen molar-refractivity contribution in [2.45, 2.75) is 24.7 Å². The molecule has 0 radical (unpaired) electrons. The lowest BCUT2D eigenvalue weighted by atomic mass is 10.0. The molecule has 0 bridgehead atoms. The van der Waals surface area contributed by atoms with E-state index in [4.69, 9.17) is 5.11 Å². The van der Waals surface area contributed by atoms with Gasteiger partial charge in [-0.05, 0) is 35.7 Å². The highest BCUT2D eigenvalue weighted by atomic mass is 32.2. The first-order valence-corrected chi connectivity index (χ1v) is 8.55. The van der Waals surface area contributed by atoms with Gasteiger partial charge in [-0.2, -0.15) is 0 Å². The molecule has 0 spiro atoms. The molecule has 0 fully saturated rings. The monoisotopic (exact) mass is 325 g/mol. The molecular formula is C14H15NO4S2. The normalized spacial score (nSPS) is 11.6. The number of anilines is 1. The van der Waals surface area contributed by atoms with E-state index >= 15 is 0 Å². The maximum Gasteiger partial charge on any atom is 0.345 e. The molecule has 5 nitrogen and oxygen atoms in total. The van der Waals surface area contributed by atoms with Gasteiger partial charge < -0.3 is 5.11 Å². The highest BCUT2D eigenvalue weighted by Gasteiger charge is 2.16. The van der Waals surface area contributed by atoms with Crippen LogP contribution in [0, 0.1) is 0 Å². The average Bonchev–Trinajstić information content (AvgIpc) is 2.87. The van der Waals surface area contributed by atoms with Crippen LogP contribution in [0.1, 0.15) is 35.0 Å². The van der Waals surface area contributed by atoms with Gasteiger partial charge in [-0.1, -0.05) is 26.0 Å². The van der Waals surface area contributed by atoms with Gasteiger partial charge in [-0.3, -0.25) is 4.72 Å². The molecule has 1 aromatic heterocycles. The van der Waals surface area contributed by atoms with Crippen molar-refractivity contribution in [1.29, 1.82) is 0 Å². The summed E-state index contributed by atoms with van der Waals surface area (Å²) in [4.78, 5) is 11.0. The molecule has 112 valence electrons. The fraction of sp³-hybridized carbons (Fsp3) is 0.214. The molecule has 1 heterocycles. The average molecular weight is 325 g/mol. The Bertz CT molecular complexity index is 746. The standard InChI is InChI=1S/C14H15NO4S2/c1-9(2)10-3-5-11(6-4-10)21(18,19)15-13-8-7-12(20-13)14(16)17/h3-9,15H,1-2H3,(H,16,17). The van der Waals surface area contributed by atoms with Gasteiger partial charge in [-0.15, -0.1) is 11.3 Å². The Hall–Kier alpha value is -1.86. The van der Waals surface area contributed by atoms with Crippen LogP contribution in [0.25, 0.3) is 0 Å². The molecule has 0 saturated carbocycles. The zero-order valence-electron chi connectivity index (χ0n) is 11.5. The summed E-state index contributed by atoms with van der Waals surface area (Å²) in [6.07, 6.45) is 0. The third-order valence-corrected chi connectivity index (χ3v) is 5.41. The summed E-state index contributed by atoms with van der Waals surface area (Å²) < 4.78 is 26.8. The molecule has 2 rings (SSSR count). The van der Waals surface area contributed by atoms with Crippen LogP contribution in [0.2, 0.25) is 0 Å². The predicted octanol–water partition coefficient (Wildman–Crippen LogP) is 3.37. The number of sulfonamides is 1. The molecule has 0 aliphatic heterocycles. The number of rotatable bonds is 5. The number of carboxylic acids is 1. The van der Waals surface area contributed by atoms with Gasteiger partial charge in [0, 0.05) is 0 Å². The van der Waals surface area contributed by atoms with E-state index in [0.717, 1.165) is 16.9 Å². The van der Waals surface area contributed by atoms with Crippen molar-refractivity contribution < 1.29 is 18.3 Å². The van der Waals surface area contributed by atoms with Crippen LogP contribution in [0.4, 0.5) is 5.00 Å². The van der Waals surface area contributed by atoms with E-state index < -0.39 is 16.0 Å². The lowest BCUT2D eigenvalue weighted by Gasteiger charge is -2.08. The number of carbonyl (C=O) groups is 1. The molecular weight excluding hydrogens is 310 g/mol. The van der Waals surface area contributed by atoms with Crippen LogP contribution in [0.5, 0.6) is 0 Å². The van der Waals surface area contributed by atoms with E-state index in [-0.39, 0.29) is 14.8 Å². The van der Waals surface area contributed by atoms with E-state index in [2.05, 4.69) is 4.72 Å². The molecule has 0 aliphatic carbocycles. The van der Waals surface area contributed by atoms with Crippen molar-refractivity contribution in [3.05, 3.63) is 46.8 Å². The number of thiophene rings is 1. The molecule has 0 saturated heterocycles. The van der Waals surface area contributed by atoms with Crippen molar-refractivity contribution >= 4 is 32.3 Å². The van der Waals surface area contributed by atoms with Gasteiger partial charge >= 0.3 is 5.97 Å². The first-order valence-electron chi connectivity index (χ1n) is 6.25. The first-order chi connectivity index (χ1) is 9.79. The molecule has 2 N–H and O–H groups in total. The second-order valence-corrected chi connectivity index (χ2v) is 7.56. The van der Waals surface area contributed by atoms with E-state index in [0.29, 0.717) is 5.92 Å². The fourth-order valence-corrected chi connectivity index (χ4v) is 3.77. The smallest absolute Gasteiger partial charge is 0.345 e. The minimum atomic E-state index is -3.70. The van der Waals surface area contributed by atoms with Crippen LogP contribution in [-0.2, 0) is 10.0 Å². The Morgan fingerprint density at radius 3 is 2.24 bits per heavy atom. The van der Waals surface area contributed by atoms with Gasteiger partial charge in [0.1, 0.15) is 9.88 Å². The summed E-state index contributed by atoms with van der Waals surface area (Å²) in [6.45, 7) is 4.06. The SMILES string of the molecule is CC(C)c1ccc(S(=O)(=O)Nc2ccc(C(=O)O)s2)cc1. The van der Waals surface area contributed by atoms with E-state index in [9.17, 15) is 13.2 Å². The van der Waals surface area contributed by atoms with Crippen LogP contribution < -0.4 is 4.72 Å². The summed E-state index contributed by atoms with van der Waals surface area (Å²) in [5.41, 5.74) is 1.05. The van der Waals surface area contributed by atoms with Crippen molar-refractivity contribution in [2.75, 3.05) is 4.72 Å². The lowest BCUT2D eigenvalue weighted by Crippen LogP contribution is -2.12. The molecule has 7 heteroatoms. The van der Waals surface area contributed by atoms with E-state index in [1.165, 1.54) is 12.1 Å². The summed E-state index contributed by atoms with van der Waals surface area (Å²) in [5, 5.41) is 9.11. The number of nitrogens with one attached hydrogen (secondary N) is 1. The van der Waals surface area contributed by atoms with Gasteiger partial charge in [0.25, 0.3) is 10.0 Å². The summed E-state index contributed by atoms with van der Waals surface area (Å²) in [6, 6.07) is 9.44. The van der Waals surface area contributed by atoms with Crippen LogP contribution in [0.3, 0.4) is 0 Å². The number of carboxylic acid groups (broad SMARTS) is 1. The highest BCUT2D eigenvalue weighted by molar-refractivity contribution is 7.93. The zero-order chi connectivity index (χ0) is 15.6. The molecule has 21 heavy (non-hydrogen) atoms. The predicted molar refractivity (Wildman–Crippen MR) is 82.6 cm³/mol. The lowest BCUT2D eigenvalue weighted by molar-refractivity contribution is 0.0702. The van der Waals surface area contributed by atoms with Gasteiger partial charge in [0.05, 0.1) is 4.90 Å². The first kappa shape index (κ1) is 15.5. The minimum Gasteiger partial charge on any atom is -0.477 e. The number of benzene rings is 1. The quantitative estimate of drug-likeness (QED) is 0.883. The molecule has 2 aromatic rings. The number of hydrogen-bond acceptors (Lipinski definition) is 4. The van der Waals surface area contributed by atoms with E-state index in [1.54, 1.807) is 24.3 Å². The summed E-state index contributed by atoms with van der Waals surface area (Å²) >= 11 is 0.881. The van der Waals surface area contributed by atoms with Crippen molar-refractivity contribution in [2.24, 2.45) is 0 Å². The Balaban J connectivity index is 2.22. The minimum absolute atomic E-state index is 0.0860. The van der Waals surface area contributed by atoms with Crippen molar-refractivity contribution in [3.63, 3.8) is 0 Å². The summed E-state index contributed by atoms with van der Waals surface area (Å²) in [5.74, 6) is -0.753. The summed E-state index contributed by atoms with van der Waals surface area (Å²) in [7, 11) is -3.70. The van der Waals surface area contributed by atoms with Crippen LogP contribution in [0.15, 0.2) is 41.3 Å². The van der Waals surface area contributed by atoms with Gasteiger partial charge in [0.15, 0.2) is 0 Å². The van der Waals surface area contributed by atoms with Crippen molar-refractivity contribution in [1.82, 2.24) is 0 Å². The molecule has 0 aliphatic rings. The second-order valence-electron chi connectivity index (χ2n) is 4.80. The Morgan fingerprint density at radius 2 is 1.76 bits per heavy atom. The molecule has 0 unspecified atom stereocenters. The topological polar surface area (TPSA) is 83.5 Å². The number of hydrogen-bond donors (Lipinski definition) is 2. The van der Waals surface area contributed by atoms with Gasteiger partial charge in [0.2, 0.25) is 0 Å². The fourth-order valence-electron chi connectivity index (χ4n) is 1.73. The second kappa shape index (κ2) is 5.87. The third-order valence-electron chi connectivity index (χ3n) is 2.91. The largest absolute Gasteiger partial charge is 0.477 e. The zero-order valence-corrected chi connectivity index (χ0v) is 13.2. The Morgan fingerprint density at radius 1 is 1.14 bits per heavy atom.